The molecule has 7 atom stereocenters. The smallest absolute Gasteiger partial charge is 0.113 e. The zero-order chi connectivity index (χ0) is 15.4. The van der Waals surface area contributed by atoms with E-state index in [2.05, 4.69) is 21.7 Å². The number of rotatable bonds is 1. The third kappa shape index (κ3) is 4.27. The highest BCUT2D eigenvalue weighted by Gasteiger charge is 2.39. The summed E-state index contributed by atoms with van der Waals surface area (Å²) in [6.07, 6.45) is 1.38. The Balaban J connectivity index is 2.24. The Morgan fingerprint density at radius 3 is 2.67 bits per heavy atom. The van der Waals surface area contributed by atoms with E-state index in [0.29, 0.717) is 6.42 Å². The topological polar surface area (TPSA) is 79.2 Å². The Hall–Kier alpha value is -0.460. The molecule has 3 N–H and O–H groups in total. The molecule has 5 nitrogen and oxygen atoms in total. The summed E-state index contributed by atoms with van der Waals surface area (Å²) < 4.78 is 11.8. The molecule has 0 saturated carbocycles. The summed E-state index contributed by atoms with van der Waals surface area (Å²) in [6, 6.07) is 0. The fraction of sp³-hybridized carbons (Fsp3) is 0.667. The van der Waals surface area contributed by atoms with Crippen LogP contribution in [0.4, 0.5) is 0 Å². The van der Waals surface area contributed by atoms with Crippen LogP contribution >= 0.6 is 15.9 Å². The Labute approximate surface area is 132 Å². The summed E-state index contributed by atoms with van der Waals surface area (Å²) in [6.45, 7) is 1.82. The van der Waals surface area contributed by atoms with E-state index in [1.54, 1.807) is 23.2 Å². The first kappa shape index (κ1) is 16.9. The van der Waals surface area contributed by atoms with Crippen LogP contribution in [0.25, 0.3) is 0 Å². The Bertz CT molecular complexity index is 432. The van der Waals surface area contributed by atoms with Crippen molar-refractivity contribution in [2.75, 3.05) is 0 Å². The van der Waals surface area contributed by atoms with Crippen LogP contribution < -0.4 is 0 Å². The molecular weight excluding hydrogens is 340 g/mol. The fourth-order valence-electron chi connectivity index (χ4n) is 2.64. The lowest BCUT2D eigenvalue weighted by Crippen LogP contribution is -2.53. The van der Waals surface area contributed by atoms with Gasteiger partial charge >= 0.3 is 0 Å². The molecule has 118 valence electrons. The van der Waals surface area contributed by atoms with Crippen molar-refractivity contribution in [3.05, 3.63) is 28.9 Å². The van der Waals surface area contributed by atoms with Gasteiger partial charge in [-0.05, 0) is 19.4 Å². The highest BCUT2D eigenvalue weighted by Crippen LogP contribution is 2.27. The molecule has 0 aromatic carbocycles. The van der Waals surface area contributed by atoms with Crippen LogP contribution in [0.2, 0.25) is 0 Å². The van der Waals surface area contributed by atoms with Gasteiger partial charge in [0.25, 0.3) is 0 Å². The second-order valence-electron chi connectivity index (χ2n) is 5.42. The first-order valence-corrected chi connectivity index (χ1v) is 7.97. The molecule has 2 heterocycles. The van der Waals surface area contributed by atoms with Crippen molar-refractivity contribution in [3.8, 4) is 0 Å². The molecule has 2 aliphatic rings. The molecule has 21 heavy (non-hydrogen) atoms. The van der Waals surface area contributed by atoms with Crippen molar-refractivity contribution in [1.82, 2.24) is 0 Å². The van der Waals surface area contributed by atoms with Gasteiger partial charge in [-0.25, -0.2) is 0 Å². The van der Waals surface area contributed by atoms with Gasteiger partial charge in [0.05, 0.1) is 24.4 Å². The van der Waals surface area contributed by atoms with Crippen molar-refractivity contribution >= 4 is 15.9 Å². The minimum atomic E-state index is -0.981. The molecule has 0 aromatic heterocycles. The Kier molecular flexibility index (Phi) is 6.20. The molecule has 1 fully saturated rings. The summed E-state index contributed by atoms with van der Waals surface area (Å²) in [5, 5.41) is 29.9. The Morgan fingerprint density at radius 2 is 1.95 bits per heavy atom. The summed E-state index contributed by atoms with van der Waals surface area (Å²) in [5.41, 5.74) is 2.91. The van der Waals surface area contributed by atoms with E-state index in [9.17, 15) is 15.3 Å². The molecular formula is C15H21BrO5. The number of hydrogen-bond acceptors (Lipinski definition) is 5. The SMILES string of the molecule is CC1OC(C=C=CBr)C2C=CCC(O)C(O)CC(O)C1O2. The van der Waals surface area contributed by atoms with Gasteiger partial charge in [-0.1, -0.05) is 28.1 Å². The highest BCUT2D eigenvalue weighted by molar-refractivity contribution is 9.11. The van der Waals surface area contributed by atoms with Crippen LogP contribution in [-0.2, 0) is 9.47 Å². The monoisotopic (exact) mass is 360 g/mol. The molecule has 2 rings (SSSR count). The Morgan fingerprint density at radius 1 is 1.19 bits per heavy atom. The van der Waals surface area contributed by atoms with Crippen LogP contribution in [0.15, 0.2) is 28.9 Å². The lowest BCUT2D eigenvalue weighted by Gasteiger charge is -2.41. The average molecular weight is 361 g/mol. The fourth-order valence-corrected chi connectivity index (χ4v) is 2.80. The van der Waals surface area contributed by atoms with Gasteiger partial charge < -0.3 is 24.8 Å². The van der Waals surface area contributed by atoms with Crippen molar-refractivity contribution < 1.29 is 24.8 Å². The molecule has 2 bridgehead atoms. The standard InChI is InChI=1S/C15H21BrO5/c1-9-15-12(19)8-11(18)10(17)4-2-5-14(21-15)13(20-9)6-3-7-16/h2,5-7,9-15,17-19H,4,8H2,1H3. The number of aliphatic hydroxyl groups excluding tert-OH is 3. The van der Waals surface area contributed by atoms with Crippen LogP contribution in [0.1, 0.15) is 19.8 Å². The van der Waals surface area contributed by atoms with E-state index in [-0.39, 0.29) is 24.7 Å². The molecule has 0 aromatic rings. The molecule has 1 saturated heterocycles. The third-order valence-electron chi connectivity index (χ3n) is 3.81. The molecule has 2 aliphatic heterocycles. The summed E-state index contributed by atoms with van der Waals surface area (Å²) in [4.78, 5) is 1.60. The normalized spacial score (nSPS) is 43.8. The summed E-state index contributed by atoms with van der Waals surface area (Å²) >= 11 is 3.15. The van der Waals surface area contributed by atoms with Crippen molar-refractivity contribution in [2.45, 2.75) is 62.5 Å². The number of aliphatic hydroxyl groups is 3. The van der Waals surface area contributed by atoms with E-state index < -0.39 is 24.4 Å². The predicted octanol–water partition coefficient (Wildman–Crippen LogP) is 1.02. The number of hydrogen-bond donors (Lipinski definition) is 3. The average Bonchev–Trinajstić information content (AvgIpc) is 2.45. The number of ether oxygens (including phenoxy) is 2. The van der Waals surface area contributed by atoms with E-state index in [0.717, 1.165) is 0 Å². The van der Waals surface area contributed by atoms with E-state index in [1.807, 2.05) is 6.92 Å². The van der Waals surface area contributed by atoms with Crippen molar-refractivity contribution in [2.24, 2.45) is 0 Å². The van der Waals surface area contributed by atoms with Crippen molar-refractivity contribution in [1.29, 1.82) is 0 Å². The minimum Gasteiger partial charge on any atom is -0.390 e. The second-order valence-corrected chi connectivity index (χ2v) is 5.87. The van der Waals surface area contributed by atoms with Crippen LogP contribution in [-0.4, -0.2) is 58.0 Å². The maximum atomic E-state index is 10.2. The van der Waals surface area contributed by atoms with E-state index >= 15 is 0 Å². The van der Waals surface area contributed by atoms with E-state index in [4.69, 9.17) is 9.47 Å². The molecule has 0 amide bonds. The van der Waals surface area contributed by atoms with Gasteiger partial charge in [0, 0.05) is 11.4 Å². The molecule has 7 unspecified atom stereocenters. The quantitative estimate of drug-likeness (QED) is 0.480. The zero-order valence-corrected chi connectivity index (χ0v) is 13.4. The van der Waals surface area contributed by atoms with E-state index in [1.165, 1.54) is 0 Å². The van der Waals surface area contributed by atoms with Gasteiger partial charge in [0.2, 0.25) is 0 Å². The maximum Gasteiger partial charge on any atom is 0.113 e. The maximum absolute atomic E-state index is 10.2. The van der Waals surface area contributed by atoms with Gasteiger partial charge in [0.1, 0.15) is 18.3 Å². The first-order chi connectivity index (χ1) is 10.0. The molecule has 0 spiro atoms. The highest BCUT2D eigenvalue weighted by atomic mass is 79.9. The van der Waals surface area contributed by atoms with Crippen LogP contribution in [0.5, 0.6) is 0 Å². The van der Waals surface area contributed by atoms with Gasteiger partial charge in [0.15, 0.2) is 0 Å². The second kappa shape index (κ2) is 7.70. The zero-order valence-electron chi connectivity index (χ0n) is 11.8. The van der Waals surface area contributed by atoms with Gasteiger partial charge in [-0.2, -0.15) is 0 Å². The predicted molar refractivity (Wildman–Crippen MR) is 81.0 cm³/mol. The lowest BCUT2D eigenvalue weighted by molar-refractivity contribution is -0.218. The van der Waals surface area contributed by atoms with Crippen LogP contribution in [0, 0.1) is 0 Å². The van der Waals surface area contributed by atoms with Crippen molar-refractivity contribution in [3.63, 3.8) is 0 Å². The largest absolute Gasteiger partial charge is 0.390 e. The van der Waals surface area contributed by atoms with Gasteiger partial charge in [-0.3, -0.25) is 0 Å². The number of halogens is 1. The lowest BCUT2D eigenvalue weighted by atomic mass is 9.95. The molecule has 0 aliphatic carbocycles. The summed E-state index contributed by atoms with van der Waals surface area (Å²) in [7, 11) is 0. The third-order valence-corrected chi connectivity index (χ3v) is 4.07. The number of fused-ring (bicyclic) bond motifs is 2. The van der Waals surface area contributed by atoms with Gasteiger partial charge in [-0.15, -0.1) is 5.73 Å². The molecule has 0 radical (unpaired) electrons. The van der Waals surface area contributed by atoms with Crippen LogP contribution in [0.3, 0.4) is 0 Å². The summed E-state index contributed by atoms with van der Waals surface area (Å²) in [5.74, 6) is 0. The first-order valence-electron chi connectivity index (χ1n) is 7.06. The minimum absolute atomic E-state index is 0.0574. The molecule has 6 heteroatoms.